The molecule has 0 saturated heterocycles. The summed E-state index contributed by atoms with van der Waals surface area (Å²) >= 11 is 0. The Kier molecular flexibility index (Phi) is 7.67. The van der Waals surface area contributed by atoms with Gasteiger partial charge in [-0.25, -0.2) is 18.0 Å². The fourth-order valence-electron chi connectivity index (χ4n) is 4.22. The van der Waals surface area contributed by atoms with Crippen molar-refractivity contribution in [1.82, 2.24) is 0 Å². The molecule has 0 radical (unpaired) electrons. The van der Waals surface area contributed by atoms with Gasteiger partial charge in [0.15, 0.2) is 11.6 Å². The van der Waals surface area contributed by atoms with Crippen molar-refractivity contribution < 1.29 is 53.4 Å². The fraction of sp³-hybridized carbons (Fsp3) is 0.458. The number of halogens is 10. The molecule has 2 nitrogen and oxygen atoms in total. The molecule has 12 heteroatoms. The van der Waals surface area contributed by atoms with Crippen molar-refractivity contribution in [1.29, 1.82) is 0 Å². The molecule has 0 aliphatic heterocycles. The highest BCUT2D eigenvalue weighted by molar-refractivity contribution is 5.81. The molecule has 1 aliphatic rings. The molecule has 0 N–H and O–H groups in total. The molecule has 0 aromatic heterocycles. The Morgan fingerprint density at radius 2 is 1.42 bits per heavy atom. The van der Waals surface area contributed by atoms with Crippen LogP contribution in [0.4, 0.5) is 43.9 Å². The first-order chi connectivity index (χ1) is 16.6. The average molecular weight is 530 g/mol. The zero-order valence-corrected chi connectivity index (χ0v) is 18.7. The highest BCUT2D eigenvalue weighted by atomic mass is 19.4. The second-order valence-electron chi connectivity index (χ2n) is 8.67. The molecule has 0 unspecified atom stereocenters. The predicted octanol–water partition coefficient (Wildman–Crippen LogP) is 8.19. The molecule has 3 rings (SSSR count). The van der Waals surface area contributed by atoms with Crippen LogP contribution in [0.25, 0.3) is 11.1 Å². The van der Waals surface area contributed by atoms with Crippen LogP contribution in [0.5, 0.6) is 5.75 Å². The molecule has 36 heavy (non-hydrogen) atoms. The Morgan fingerprint density at radius 1 is 0.861 bits per heavy atom. The fourth-order valence-corrected chi connectivity index (χ4v) is 4.22. The molecule has 0 amide bonds. The van der Waals surface area contributed by atoms with Crippen LogP contribution >= 0.6 is 0 Å². The smallest absolute Gasteiger partial charge is 0.419 e. The van der Waals surface area contributed by atoms with Crippen LogP contribution in [0.15, 0.2) is 30.3 Å². The largest absolute Gasteiger partial charge is 0.460 e. The Labute approximate surface area is 199 Å². The van der Waals surface area contributed by atoms with Crippen molar-refractivity contribution in [3.05, 3.63) is 53.3 Å². The van der Waals surface area contributed by atoms with Crippen LogP contribution in [-0.2, 0) is 4.79 Å². The van der Waals surface area contributed by atoms with Crippen molar-refractivity contribution in [3.63, 3.8) is 0 Å². The maximum absolute atomic E-state index is 14.8. The van der Waals surface area contributed by atoms with Crippen LogP contribution in [-0.4, -0.2) is 24.0 Å². The maximum atomic E-state index is 14.8. The van der Waals surface area contributed by atoms with Crippen molar-refractivity contribution in [3.8, 4) is 16.9 Å². The van der Waals surface area contributed by atoms with Gasteiger partial charge in [0.2, 0.25) is 0 Å². The third-order valence-electron chi connectivity index (χ3n) is 6.39. The van der Waals surface area contributed by atoms with Crippen molar-refractivity contribution >= 4 is 5.97 Å². The lowest BCUT2D eigenvalue weighted by Crippen LogP contribution is -2.57. The van der Waals surface area contributed by atoms with Crippen LogP contribution in [0.3, 0.4) is 0 Å². The van der Waals surface area contributed by atoms with Gasteiger partial charge in [0.25, 0.3) is 0 Å². The zero-order chi connectivity index (χ0) is 27.1. The molecule has 0 spiro atoms. The van der Waals surface area contributed by atoms with E-state index in [4.69, 9.17) is 0 Å². The van der Waals surface area contributed by atoms with Crippen molar-refractivity contribution in [2.45, 2.75) is 63.0 Å². The summed E-state index contributed by atoms with van der Waals surface area (Å²) in [7, 11) is 0. The maximum Gasteiger partial charge on any atom is 0.460 e. The number of rotatable bonds is 6. The lowest BCUT2D eigenvalue weighted by atomic mass is 9.77. The highest BCUT2D eigenvalue weighted by Crippen LogP contribution is 2.47. The van der Waals surface area contributed by atoms with Gasteiger partial charge < -0.3 is 4.74 Å². The number of carbonyl (C=O) groups excluding carboxylic acids is 1. The summed E-state index contributed by atoms with van der Waals surface area (Å²) in [6.07, 6.45) is -2.49. The first-order valence-electron chi connectivity index (χ1n) is 10.9. The number of ether oxygens (including phenoxy) is 1. The second kappa shape index (κ2) is 9.93. The van der Waals surface area contributed by atoms with Crippen molar-refractivity contribution in [2.75, 3.05) is 0 Å². The topological polar surface area (TPSA) is 26.3 Å². The summed E-state index contributed by atoms with van der Waals surface area (Å²) in [6, 6.07) is 3.71. The molecular weight excluding hydrogens is 510 g/mol. The lowest BCUT2D eigenvalue weighted by molar-refractivity contribution is -0.346. The van der Waals surface area contributed by atoms with E-state index < -0.39 is 58.3 Å². The lowest BCUT2D eigenvalue weighted by Gasteiger charge is -2.28. The van der Waals surface area contributed by atoms with E-state index in [1.54, 1.807) is 0 Å². The third kappa shape index (κ3) is 5.17. The van der Waals surface area contributed by atoms with Gasteiger partial charge in [0.05, 0.1) is 5.56 Å². The molecule has 1 saturated carbocycles. The Hall–Kier alpha value is -2.79. The van der Waals surface area contributed by atoms with E-state index >= 15 is 0 Å². The number of hydrogen-bond acceptors (Lipinski definition) is 2. The molecule has 2 aromatic carbocycles. The highest BCUT2D eigenvalue weighted by Gasteiger charge is 2.77. The van der Waals surface area contributed by atoms with Crippen LogP contribution < -0.4 is 4.74 Å². The summed E-state index contributed by atoms with van der Waals surface area (Å²) in [4.78, 5) is 11.3. The SMILES string of the molecule is CCC1CCC(c2cc(F)c(-c3ccc(OC(=O)C(F)(F)C(F)(F)C(F)(F)F)c(F)c3)c(F)c2)CC1. The Morgan fingerprint density at radius 3 is 1.89 bits per heavy atom. The van der Waals surface area contributed by atoms with E-state index in [9.17, 15) is 48.7 Å². The minimum absolute atomic E-state index is 0.0686. The van der Waals surface area contributed by atoms with Gasteiger partial charge in [-0.1, -0.05) is 19.4 Å². The Bertz CT molecular complexity index is 1100. The molecule has 198 valence electrons. The monoisotopic (exact) mass is 530 g/mol. The first-order valence-corrected chi connectivity index (χ1v) is 10.9. The molecule has 0 heterocycles. The average Bonchev–Trinajstić information content (AvgIpc) is 2.79. The van der Waals surface area contributed by atoms with E-state index in [0.29, 0.717) is 23.6 Å². The number of hydrogen-bond donors (Lipinski definition) is 0. The minimum atomic E-state index is -6.80. The second-order valence-corrected chi connectivity index (χ2v) is 8.67. The van der Waals surface area contributed by atoms with Gasteiger partial charge in [-0.2, -0.15) is 30.7 Å². The van der Waals surface area contributed by atoms with Gasteiger partial charge in [0, 0.05) is 0 Å². The summed E-state index contributed by atoms with van der Waals surface area (Å²) in [5.74, 6) is -21.3. The molecule has 1 aliphatic carbocycles. The van der Waals surface area contributed by atoms with Gasteiger partial charge in [0.1, 0.15) is 11.6 Å². The number of esters is 1. The summed E-state index contributed by atoms with van der Waals surface area (Å²) in [6.45, 7) is 2.06. The van der Waals surface area contributed by atoms with E-state index in [-0.39, 0.29) is 5.92 Å². The third-order valence-corrected chi connectivity index (χ3v) is 6.39. The number of benzene rings is 2. The van der Waals surface area contributed by atoms with E-state index in [1.807, 2.05) is 0 Å². The normalized spacial score (nSPS) is 19.3. The summed E-state index contributed by atoms with van der Waals surface area (Å²) in [5.41, 5.74) is -0.718. The number of alkyl halides is 7. The zero-order valence-electron chi connectivity index (χ0n) is 18.7. The van der Waals surface area contributed by atoms with E-state index in [1.165, 1.54) is 0 Å². The standard InChI is InChI=1S/C24H20F10O2/c1-2-12-3-5-13(6-4-12)15-10-17(26)20(18(27)11-15)14-7-8-19(16(25)9-14)36-21(35)22(28,29)23(30,31)24(32,33)34/h7-13H,2-6H2,1H3. The predicted molar refractivity (Wildman–Crippen MR) is 108 cm³/mol. The molecular formula is C24H20F10O2. The summed E-state index contributed by atoms with van der Waals surface area (Å²) < 4.78 is 137. The molecule has 2 aromatic rings. The van der Waals surface area contributed by atoms with Gasteiger partial charge in [-0.3, -0.25) is 0 Å². The van der Waals surface area contributed by atoms with Crippen LogP contribution in [0, 0.1) is 23.4 Å². The molecule has 0 bridgehead atoms. The van der Waals surface area contributed by atoms with Gasteiger partial charge in [-0.15, -0.1) is 0 Å². The molecule has 0 atom stereocenters. The van der Waals surface area contributed by atoms with Gasteiger partial charge in [-0.05, 0) is 72.9 Å². The first kappa shape index (κ1) is 27.8. The number of carbonyl (C=O) groups is 1. The van der Waals surface area contributed by atoms with Crippen molar-refractivity contribution in [2.24, 2.45) is 5.92 Å². The van der Waals surface area contributed by atoms with Gasteiger partial charge >= 0.3 is 24.0 Å². The van der Waals surface area contributed by atoms with E-state index in [0.717, 1.165) is 50.3 Å². The quantitative estimate of drug-likeness (QED) is 0.214. The van der Waals surface area contributed by atoms with Crippen LogP contribution in [0.2, 0.25) is 0 Å². The molecule has 1 fully saturated rings. The summed E-state index contributed by atoms with van der Waals surface area (Å²) in [5, 5.41) is 0. The van der Waals surface area contributed by atoms with E-state index in [2.05, 4.69) is 11.7 Å². The Balaban J connectivity index is 1.83. The minimum Gasteiger partial charge on any atom is -0.419 e. The van der Waals surface area contributed by atoms with Crippen LogP contribution in [0.1, 0.15) is 50.5 Å².